The standard InChI is InChI=1S/C15H20N2O4/c1-10-6-3-2-4-9-17(10)15(21)16-12-8-5-7-11(13(12)18)14(19)20/h5,7-8,10,18H,2-4,6,9H2,1H3,(H,16,21)(H,19,20). The number of aromatic hydroxyl groups is 1. The Balaban J connectivity index is 2.15. The summed E-state index contributed by atoms with van der Waals surface area (Å²) in [5.74, 6) is -1.65. The van der Waals surface area contributed by atoms with Gasteiger partial charge < -0.3 is 20.4 Å². The van der Waals surface area contributed by atoms with Gasteiger partial charge in [-0.1, -0.05) is 18.9 Å². The Morgan fingerprint density at radius 2 is 2.05 bits per heavy atom. The maximum absolute atomic E-state index is 12.3. The number of anilines is 1. The average molecular weight is 292 g/mol. The van der Waals surface area contributed by atoms with E-state index in [9.17, 15) is 14.7 Å². The van der Waals surface area contributed by atoms with Gasteiger partial charge >= 0.3 is 12.0 Å². The van der Waals surface area contributed by atoms with Gasteiger partial charge in [0.2, 0.25) is 0 Å². The minimum absolute atomic E-state index is 0.122. The number of nitrogens with zero attached hydrogens (tertiary/aromatic N) is 1. The zero-order valence-corrected chi connectivity index (χ0v) is 12.0. The molecule has 1 aromatic carbocycles. The Bertz CT molecular complexity index is 544. The van der Waals surface area contributed by atoms with Gasteiger partial charge in [0.15, 0.2) is 5.75 Å². The van der Waals surface area contributed by atoms with E-state index in [-0.39, 0.29) is 23.3 Å². The van der Waals surface area contributed by atoms with Crippen LogP contribution in [0.1, 0.15) is 43.0 Å². The minimum atomic E-state index is -1.23. The van der Waals surface area contributed by atoms with Gasteiger partial charge in [-0.2, -0.15) is 0 Å². The van der Waals surface area contributed by atoms with Crippen LogP contribution < -0.4 is 5.32 Å². The van der Waals surface area contributed by atoms with Crippen LogP contribution >= 0.6 is 0 Å². The number of amides is 2. The molecule has 1 aliphatic heterocycles. The number of carbonyl (C=O) groups is 2. The van der Waals surface area contributed by atoms with Crippen LogP contribution in [-0.4, -0.2) is 39.7 Å². The second-order valence-corrected chi connectivity index (χ2v) is 5.33. The molecule has 6 heteroatoms. The molecule has 1 atom stereocenters. The van der Waals surface area contributed by atoms with Crippen molar-refractivity contribution < 1.29 is 19.8 Å². The molecule has 1 unspecified atom stereocenters. The zero-order chi connectivity index (χ0) is 15.4. The second-order valence-electron chi connectivity index (χ2n) is 5.33. The van der Waals surface area contributed by atoms with E-state index >= 15 is 0 Å². The summed E-state index contributed by atoms with van der Waals surface area (Å²) in [6, 6.07) is 4.11. The molecule has 3 N–H and O–H groups in total. The number of likely N-dealkylation sites (tertiary alicyclic amines) is 1. The number of hydrogen-bond acceptors (Lipinski definition) is 3. The lowest BCUT2D eigenvalue weighted by atomic mass is 10.1. The van der Waals surface area contributed by atoms with Gasteiger partial charge in [0.05, 0.1) is 5.69 Å². The van der Waals surface area contributed by atoms with Crippen LogP contribution in [0.4, 0.5) is 10.5 Å². The third-order valence-corrected chi connectivity index (χ3v) is 3.82. The number of hydrogen-bond donors (Lipinski definition) is 3. The maximum Gasteiger partial charge on any atom is 0.339 e. The van der Waals surface area contributed by atoms with E-state index in [4.69, 9.17) is 5.11 Å². The molecule has 1 heterocycles. The molecule has 2 amide bonds. The number of carboxylic acid groups (broad SMARTS) is 1. The van der Waals surface area contributed by atoms with Crippen LogP contribution in [0.3, 0.4) is 0 Å². The number of phenols is 1. The summed E-state index contributed by atoms with van der Waals surface area (Å²) < 4.78 is 0. The SMILES string of the molecule is CC1CCCCCN1C(=O)Nc1cccc(C(=O)O)c1O. The number of carboxylic acids is 1. The van der Waals surface area contributed by atoms with E-state index in [1.165, 1.54) is 18.2 Å². The third kappa shape index (κ3) is 3.45. The van der Waals surface area contributed by atoms with Crippen LogP contribution in [0.15, 0.2) is 18.2 Å². The Labute approximate surface area is 123 Å². The van der Waals surface area contributed by atoms with Gasteiger partial charge in [-0.15, -0.1) is 0 Å². The smallest absolute Gasteiger partial charge is 0.339 e. The first-order chi connectivity index (χ1) is 10.0. The highest BCUT2D eigenvalue weighted by Gasteiger charge is 2.23. The first-order valence-electron chi connectivity index (χ1n) is 7.13. The number of carbonyl (C=O) groups excluding carboxylic acids is 1. The van der Waals surface area contributed by atoms with Crippen LogP contribution in [-0.2, 0) is 0 Å². The maximum atomic E-state index is 12.3. The molecule has 1 saturated heterocycles. The monoisotopic (exact) mass is 292 g/mol. The molecule has 1 fully saturated rings. The van der Waals surface area contributed by atoms with E-state index in [0.717, 1.165) is 25.7 Å². The van der Waals surface area contributed by atoms with E-state index in [0.29, 0.717) is 6.54 Å². The van der Waals surface area contributed by atoms with Crippen molar-refractivity contribution in [2.24, 2.45) is 0 Å². The van der Waals surface area contributed by atoms with Crippen LogP contribution in [0.5, 0.6) is 5.75 Å². The van der Waals surface area contributed by atoms with E-state index in [1.807, 2.05) is 6.92 Å². The topological polar surface area (TPSA) is 89.9 Å². The van der Waals surface area contributed by atoms with Crippen molar-refractivity contribution in [3.05, 3.63) is 23.8 Å². The fraction of sp³-hybridized carbons (Fsp3) is 0.467. The summed E-state index contributed by atoms with van der Waals surface area (Å²) in [5, 5.41) is 21.5. The van der Waals surface area contributed by atoms with Crippen LogP contribution in [0, 0.1) is 0 Å². The number of rotatable bonds is 2. The summed E-state index contributed by atoms with van der Waals surface area (Å²) in [7, 11) is 0. The molecule has 0 saturated carbocycles. The van der Waals surface area contributed by atoms with Crippen LogP contribution in [0.2, 0.25) is 0 Å². The quantitative estimate of drug-likeness (QED) is 0.731. The molecule has 0 aliphatic carbocycles. The van der Waals surface area contributed by atoms with E-state index < -0.39 is 11.7 Å². The Hall–Kier alpha value is -2.24. The molecular formula is C15H20N2O4. The molecule has 0 spiro atoms. The number of urea groups is 1. The van der Waals surface area contributed by atoms with Crippen molar-refractivity contribution in [2.45, 2.75) is 38.6 Å². The Morgan fingerprint density at radius 3 is 2.76 bits per heavy atom. The van der Waals surface area contributed by atoms with Crippen molar-refractivity contribution in [1.29, 1.82) is 0 Å². The van der Waals surface area contributed by atoms with Gasteiger partial charge in [0.1, 0.15) is 5.56 Å². The number of para-hydroxylation sites is 1. The lowest BCUT2D eigenvalue weighted by molar-refractivity contribution is 0.0693. The predicted molar refractivity (Wildman–Crippen MR) is 78.7 cm³/mol. The minimum Gasteiger partial charge on any atom is -0.505 e. The number of benzene rings is 1. The summed E-state index contributed by atoms with van der Waals surface area (Å²) >= 11 is 0. The lowest BCUT2D eigenvalue weighted by Gasteiger charge is -2.27. The first-order valence-corrected chi connectivity index (χ1v) is 7.13. The number of nitrogens with one attached hydrogen (secondary N) is 1. The molecule has 0 aromatic heterocycles. The number of aromatic carboxylic acids is 1. The molecule has 1 aliphatic rings. The Kier molecular flexibility index (Phi) is 4.67. The summed E-state index contributed by atoms with van der Waals surface area (Å²) in [6.07, 6.45) is 4.12. The van der Waals surface area contributed by atoms with Gasteiger partial charge in [0.25, 0.3) is 0 Å². The highest BCUT2D eigenvalue weighted by molar-refractivity contribution is 5.97. The summed E-state index contributed by atoms with van der Waals surface area (Å²) in [5.41, 5.74) is -0.104. The molecule has 21 heavy (non-hydrogen) atoms. The molecule has 0 bridgehead atoms. The van der Waals surface area contributed by atoms with Gasteiger partial charge in [-0.3, -0.25) is 0 Å². The first kappa shape index (κ1) is 15.2. The largest absolute Gasteiger partial charge is 0.505 e. The fourth-order valence-corrected chi connectivity index (χ4v) is 2.58. The van der Waals surface area contributed by atoms with Crippen molar-refractivity contribution >= 4 is 17.7 Å². The fourth-order valence-electron chi connectivity index (χ4n) is 2.58. The molecule has 114 valence electrons. The lowest BCUT2D eigenvalue weighted by Crippen LogP contribution is -2.41. The normalized spacial score (nSPS) is 18.9. The van der Waals surface area contributed by atoms with Gasteiger partial charge in [-0.05, 0) is 31.9 Å². The molecule has 2 rings (SSSR count). The summed E-state index contributed by atoms with van der Waals surface area (Å²) in [6.45, 7) is 2.67. The van der Waals surface area contributed by atoms with Crippen LogP contribution in [0.25, 0.3) is 0 Å². The third-order valence-electron chi connectivity index (χ3n) is 3.82. The molecular weight excluding hydrogens is 272 g/mol. The van der Waals surface area contributed by atoms with Gasteiger partial charge in [0, 0.05) is 12.6 Å². The van der Waals surface area contributed by atoms with E-state index in [1.54, 1.807) is 4.90 Å². The van der Waals surface area contributed by atoms with Crippen molar-refractivity contribution in [3.8, 4) is 5.75 Å². The Morgan fingerprint density at radius 1 is 1.29 bits per heavy atom. The molecule has 1 aromatic rings. The van der Waals surface area contributed by atoms with E-state index in [2.05, 4.69) is 5.32 Å². The zero-order valence-electron chi connectivity index (χ0n) is 12.0. The van der Waals surface area contributed by atoms with Crippen molar-refractivity contribution in [2.75, 3.05) is 11.9 Å². The molecule has 0 radical (unpaired) electrons. The van der Waals surface area contributed by atoms with Gasteiger partial charge in [-0.25, -0.2) is 9.59 Å². The van der Waals surface area contributed by atoms with Crippen molar-refractivity contribution in [1.82, 2.24) is 4.90 Å². The molecule has 6 nitrogen and oxygen atoms in total. The highest BCUT2D eigenvalue weighted by Crippen LogP contribution is 2.28. The summed E-state index contributed by atoms with van der Waals surface area (Å²) in [4.78, 5) is 25.0. The second kappa shape index (κ2) is 6.47. The van der Waals surface area contributed by atoms with Crippen molar-refractivity contribution in [3.63, 3.8) is 0 Å². The predicted octanol–water partition coefficient (Wildman–Crippen LogP) is 2.89. The highest BCUT2D eigenvalue weighted by atomic mass is 16.4. The average Bonchev–Trinajstić information content (AvgIpc) is 2.65.